The van der Waals surface area contributed by atoms with Gasteiger partial charge < -0.3 is 5.73 Å². The minimum absolute atomic E-state index is 0.294. The third-order valence-electron chi connectivity index (χ3n) is 2.24. The molecule has 0 aliphatic rings. The van der Waals surface area contributed by atoms with Crippen LogP contribution in [0.4, 0.5) is 5.82 Å². The number of hydrogen-bond donors (Lipinski definition) is 1. The molecule has 0 amide bonds. The Hall–Kier alpha value is -1.31. The molecule has 0 fully saturated rings. The summed E-state index contributed by atoms with van der Waals surface area (Å²) in [7, 11) is 0. The molecule has 0 aliphatic carbocycles. The minimum atomic E-state index is 0.294. The molecule has 0 radical (unpaired) electrons. The van der Waals surface area contributed by atoms with E-state index < -0.39 is 0 Å². The van der Waals surface area contributed by atoms with Crippen LogP contribution in [0.5, 0.6) is 0 Å². The highest BCUT2D eigenvalue weighted by molar-refractivity contribution is 14.1. The summed E-state index contributed by atoms with van der Waals surface area (Å²) < 4.78 is 0.908. The molecule has 2 N–H and O–H groups in total. The van der Waals surface area contributed by atoms with Gasteiger partial charge >= 0.3 is 0 Å². The van der Waals surface area contributed by atoms with Crippen molar-refractivity contribution in [2.75, 3.05) is 5.73 Å². The standard InChI is InChI=1S/C11H12IN5/c1-6(2)9-8(12)10(13)17-11(16-9)7-5-14-3-4-15-7/h3-6H,1-2H3,(H2,13,16,17). The highest BCUT2D eigenvalue weighted by Gasteiger charge is 2.14. The van der Waals surface area contributed by atoms with Crippen LogP contribution in [0.25, 0.3) is 11.5 Å². The lowest BCUT2D eigenvalue weighted by Crippen LogP contribution is -2.07. The fourth-order valence-electron chi connectivity index (χ4n) is 1.39. The molecule has 17 heavy (non-hydrogen) atoms. The lowest BCUT2D eigenvalue weighted by atomic mass is 10.1. The Morgan fingerprint density at radius 1 is 1.24 bits per heavy atom. The van der Waals surface area contributed by atoms with Gasteiger partial charge in [0, 0.05) is 12.4 Å². The summed E-state index contributed by atoms with van der Waals surface area (Å²) in [5, 5.41) is 0. The van der Waals surface area contributed by atoms with E-state index in [-0.39, 0.29) is 0 Å². The third-order valence-corrected chi connectivity index (χ3v) is 3.35. The van der Waals surface area contributed by atoms with Crippen LogP contribution >= 0.6 is 22.6 Å². The van der Waals surface area contributed by atoms with Crippen LogP contribution in [0.1, 0.15) is 25.5 Å². The SMILES string of the molecule is CC(C)c1nc(-c2cnccn2)nc(N)c1I. The van der Waals surface area contributed by atoms with E-state index in [1.54, 1.807) is 18.6 Å². The van der Waals surface area contributed by atoms with Gasteiger partial charge in [-0.1, -0.05) is 13.8 Å². The topological polar surface area (TPSA) is 77.6 Å². The first-order chi connectivity index (χ1) is 8.09. The summed E-state index contributed by atoms with van der Waals surface area (Å²) in [6, 6.07) is 0. The molecule has 0 unspecified atom stereocenters. The molecule has 5 nitrogen and oxygen atoms in total. The first-order valence-electron chi connectivity index (χ1n) is 5.19. The molecule has 0 saturated carbocycles. The van der Waals surface area contributed by atoms with E-state index in [4.69, 9.17) is 5.73 Å². The molecule has 2 heterocycles. The van der Waals surface area contributed by atoms with Crippen molar-refractivity contribution in [1.29, 1.82) is 0 Å². The lowest BCUT2D eigenvalue weighted by molar-refractivity contribution is 0.809. The second-order valence-electron chi connectivity index (χ2n) is 3.88. The summed E-state index contributed by atoms with van der Waals surface area (Å²) in [6.45, 7) is 4.15. The van der Waals surface area contributed by atoms with E-state index >= 15 is 0 Å². The average molecular weight is 341 g/mol. The molecule has 0 bridgehead atoms. The largest absolute Gasteiger partial charge is 0.383 e. The monoisotopic (exact) mass is 341 g/mol. The molecule has 0 aromatic carbocycles. The van der Waals surface area contributed by atoms with Crippen LogP contribution in [-0.2, 0) is 0 Å². The highest BCUT2D eigenvalue weighted by Crippen LogP contribution is 2.25. The molecule has 6 heteroatoms. The van der Waals surface area contributed by atoms with E-state index in [0.29, 0.717) is 23.3 Å². The zero-order valence-electron chi connectivity index (χ0n) is 9.55. The van der Waals surface area contributed by atoms with E-state index in [1.165, 1.54) is 0 Å². The second-order valence-corrected chi connectivity index (χ2v) is 4.96. The number of rotatable bonds is 2. The van der Waals surface area contributed by atoms with Gasteiger partial charge in [0.05, 0.1) is 15.5 Å². The van der Waals surface area contributed by atoms with Gasteiger partial charge in [-0.15, -0.1) is 0 Å². The fourth-order valence-corrected chi connectivity index (χ4v) is 2.26. The predicted molar refractivity (Wildman–Crippen MR) is 74.3 cm³/mol. The molecule has 0 saturated heterocycles. The minimum Gasteiger partial charge on any atom is -0.383 e. The molecule has 0 spiro atoms. The first kappa shape index (κ1) is 12.2. The summed E-state index contributed by atoms with van der Waals surface area (Å²) in [5.74, 6) is 1.31. The number of nitrogen functional groups attached to an aromatic ring is 1. The maximum atomic E-state index is 5.89. The lowest BCUT2D eigenvalue weighted by Gasteiger charge is -2.10. The quantitative estimate of drug-likeness (QED) is 0.848. The van der Waals surface area contributed by atoms with Crippen molar-refractivity contribution < 1.29 is 0 Å². The van der Waals surface area contributed by atoms with Gasteiger partial charge in [0.2, 0.25) is 0 Å². The third kappa shape index (κ3) is 2.51. The molecule has 88 valence electrons. The van der Waals surface area contributed by atoms with Crippen molar-refractivity contribution in [3.05, 3.63) is 27.9 Å². The van der Waals surface area contributed by atoms with E-state index in [9.17, 15) is 0 Å². The Labute approximate surface area is 113 Å². The summed E-state index contributed by atoms with van der Waals surface area (Å²) in [4.78, 5) is 16.9. The average Bonchev–Trinajstić information content (AvgIpc) is 2.33. The van der Waals surface area contributed by atoms with Crippen LogP contribution in [0.3, 0.4) is 0 Å². The number of anilines is 1. The summed E-state index contributed by atoms with van der Waals surface area (Å²) in [5.41, 5.74) is 7.47. The fraction of sp³-hybridized carbons (Fsp3) is 0.273. The molecule has 0 aliphatic heterocycles. The van der Waals surface area contributed by atoms with Crippen LogP contribution in [0, 0.1) is 3.57 Å². The Balaban J connectivity index is 2.57. The Morgan fingerprint density at radius 2 is 2.00 bits per heavy atom. The van der Waals surface area contributed by atoms with Crippen molar-refractivity contribution in [3.8, 4) is 11.5 Å². The Bertz CT molecular complexity index is 527. The number of nitrogens with two attached hydrogens (primary N) is 1. The second kappa shape index (κ2) is 4.91. The summed E-state index contributed by atoms with van der Waals surface area (Å²) >= 11 is 2.17. The van der Waals surface area contributed by atoms with Crippen LogP contribution in [0.15, 0.2) is 18.6 Å². The Morgan fingerprint density at radius 3 is 2.59 bits per heavy atom. The molecule has 0 atom stereocenters. The highest BCUT2D eigenvalue weighted by atomic mass is 127. The smallest absolute Gasteiger partial charge is 0.182 e. The molecule has 2 aromatic rings. The number of nitrogens with zero attached hydrogens (tertiary/aromatic N) is 4. The van der Waals surface area contributed by atoms with Gasteiger partial charge in [-0.2, -0.15) is 0 Å². The van der Waals surface area contributed by atoms with E-state index in [0.717, 1.165) is 9.26 Å². The van der Waals surface area contributed by atoms with Gasteiger partial charge in [-0.25, -0.2) is 15.0 Å². The van der Waals surface area contributed by atoms with Gasteiger partial charge in [-0.3, -0.25) is 4.98 Å². The van der Waals surface area contributed by atoms with Crippen LogP contribution in [0.2, 0.25) is 0 Å². The van der Waals surface area contributed by atoms with Gasteiger partial charge in [0.25, 0.3) is 0 Å². The van der Waals surface area contributed by atoms with Crippen molar-refractivity contribution in [2.45, 2.75) is 19.8 Å². The first-order valence-corrected chi connectivity index (χ1v) is 6.26. The van der Waals surface area contributed by atoms with Crippen molar-refractivity contribution in [1.82, 2.24) is 19.9 Å². The molecule has 2 rings (SSSR count). The summed E-state index contributed by atoms with van der Waals surface area (Å²) in [6.07, 6.45) is 4.86. The van der Waals surface area contributed by atoms with E-state index in [2.05, 4.69) is 56.4 Å². The van der Waals surface area contributed by atoms with Crippen LogP contribution < -0.4 is 5.73 Å². The number of aromatic nitrogens is 4. The number of hydrogen-bond acceptors (Lipinski definition) is 5. The maximum absolute atomic E-state index is 5.89. The normalized spacial score (nSPS) is 10.8. The van der Waals surface area contributed by atoms with Gasteiger partial charge in [0.15, 0.2) is 5.82 Å². The molecule has 2 aromatic heterocycles. The van der Waals surface area contributed by atoms with Crippen molar-refractivity contribution in [3.63, 3.8) is 0 Å². The molecular weight excluding hydrogens is 329 g/mol. The van der Waals surface area contributed by atoms with Gasteiger partial charge in [0.1, 0.15) is 11.5 Å². The maximum Gasteiger partial charge on any atom is 0.182 e. The predicted octanol–water partition coefficient (Wildman–Crippen LogP) is 2.24. The number of halogens is 1. The van der Waals surface area contributed by atoms with Gasteiger partial charge in [-0.05, 0) is 28.5 Å². The van der Waals surface area contributed by atoms with E-state index in [1.807, 2.05) is 0 Å². The van der Waals surface area contributed by atoms with Crippen molar-refractivity contribution in [2.24, 2.45) is 0 Å². The zero-order chi connectivity index (χ0) is 12.4. The van der Waals surface area contributed by atoms with Crippen LogP contribution in [-0.4, -0.2) is 19.9 Å². The van der Waals surface area contributed by atoms with Crippen molar-refractivity contribution >= 4 is 28.4 Å². The Kier molecular flexibility index (Phi) is 3.51. The molecular formula is C11H12IN5. The zero-order valence-corrected chi connectivity index (χ0v) is 11.7.